The van der Waals surface area contributed by atoms with E-state index in [4.69, 9.17) is 25.2 Å². The van der Waals surface area contributed by atoms with Gasteiger partial charge in [-0.1, -0.05) is 11.2 Å². The molecular weight excluding hydrogens is 274 g/mol. The second-order valence-corrected chi connectivity index (χ2v) is 3.94. The van der Waals surface area contributed by atoms with Crippen molar-refractivity contribution in [2.45, 2.75) is 0 Å². The fourth-order valence-electron chi connectivity index (χ4n) is 1.74. The highest BCUT2D eigenvalue weighted by Crippen LogP contribution is 2.40. The van der Waals surface area contributed by atoms with E-state index in [0.29, 0.717) is 22.8 Å². The van der Waals surface area contributed by atoms with Gasteiger partial charge in [0, 0.05) is 6.20 Å². The van der Waals surface area contributed by atoms with Gasteiger partial charge >= 0.3 is 0 Å². The first-order valence-electron chi connectivity index (χ1n) is 6.03. The first-order valence-corrected chi connectivity index (χ1v) is 6.03. The number of pyridine rings is 1. The Morgan fingerprint density at radius 3 is 2.38 bits per heavy atom. The first kappa shape index (κ1) is 14.4. The number of amidine groups is 1. The predicted octanol–water partition coefficient (Wildman–Crippen LogP) is 1.99. The number of rotatable bonds is 5. The molecule has 0 aliphatic heterocycles. The van der Waals surface area contributed by atoms with Crippen LogP contribution in [0.25, 0.3) is 0 Å². The van der Waals surface area contributed by atoms with Crippen LogP contribution < -0.4 is 19.9 Å². The SMILES string of the molecule is COc1cccc(OC)c1Oc1ncccc1/C(N)=N/O. The van der Waals surface area contributed by atoms with E-state index in [-0.39, 0.29) is 11.7 Å². The van der Waals surface area contributed by atoms with Crippen molar-refractivity contribution in [1.82, 2.24) is 4.98 Å². The average molecular weight is 289 g/mol. The predicted molar refractivity (Wildman–Crippen MR) is 76.4 cm³/mol. The van der Waals surface area contributed by atoms with Crippen molar-refractivity contribution < 1.29 is 19.4 Å². The zero-order valence-corrected chi connectivity index (χ0v) is 11.6. The van der Waals surface area contributed by atoms with Gasteiger partial charge in [-0.05, 0) is 24.3 Å². The van der Waals surface area contributed by atoms with Crippen molar-refractivity contribution in [2.75, 3.05) is 14.2 Å². The number of hydrogen-bond acceptors (Lipinski definition) is 6. The third-order valence-corrected chi connectivity index (χ3v) is 2.74. The molecule has 0 saturated heterocycles. The van der Waals surface area contributed by atoms with Crippen molar-refractivity contribution in [2.24, 2.45) is 10.9 Å². The molecule has 7 nitrogen and oxygen atoms in total. The number of methoxy groups -OCH3 is 2. The van der Waals surface area contributed by atoms with E-state index in [0.717, 1.165) is 0 Å². The van der Waals surface area contributed by atoms with Crippen molar-refractivity contribution in [3.05, 3.63) is 42.1 Å². The monoisotopic (exact) mass is 289 g/mol. The van der Waals surface area contributed by atoms with E-state index < -0.39 is 0 Å². The molecule has 0 bridgehead atoms. The lowest BCUT2D eigenvalue weighted by atomic mass is 10.2. The largest absolute Gasteiger partial charge is 0.493 e. The van der Waals surface area contributed by atoms with Gasteiger partial charge in [0.25, 0.3) is 0 Å². The highest BCUT2D eigenvalue weighted by atomic mass is 16.5. The molecule has 0 saturated carbocycles. The summed E-state index contributed by atoms with van der Waals surface area (Å²) in [5.41, 5.74) is 5.96. The Morgan fingerprint density at radius 1 is 1.14 bits per heavy atom. The first-order chi connectivity index (χ1) is 10.2. The molecule has 1 aromatic carbocycles. The molecule has 2 rings (SSSR count). The Bertz CT molecular complexity index is 636. The van der Waals surface area contributed by atoms with E-state index >= 15 is 0 Å². The summed E-state index contributed by atoms with van der Waals surface area (Å²) >= 11 is 0. The Labute approximate surface area is 121 Å². The van der Waals surface area contributed by atoms with Crippen LogP contribution in [-0.4, -0.2) is 30.2 Å². The summed E-state index contributed by atoms with van der Waals surface area (Å²) in [5, 5.41) is 11.8. The summed E-state index contributed by atoms with van der Waals surface area (Å²) in [6, 6.07) is 8.50. The van der Waals surface area contributed by atoms with Gasteiger partial charge < -0.3 is 25.2 Å². The molecule has 0 aliphatic rings. The normalized spacial score (nSPS) is 11.0. The van der Waals surface area contributed by atoms with Crippen LogP contribution in [0.3, 0.4) is 0 Å². The summed E-state index contributed by atoms with van der Waals surface area (Å²) in [6.45, 7) is 0. The second kappa shape index (κ2) is 6.47. The molecule has 21 heavy (non-hydrogen) atoms. The van der Waals surface area contributed by atoms with Gasteiger partial charge in [0.15, 0.2) is 17.3 Å². The van der Waals surface area contributed by atoms with E-state index in [1.165, 1.54) is 20.4 Å². The lowest BCUT2D eigenvalue weighted by Gasteiger charge is -2.14. The minimum atomic E-state index is -0.105. The van der Waals surface area contributed by atoms with Crippen LogP contribution in [0.2, 0.25) is 0 Å². The number of oxime groups is 1. The van der Waals surface area contributed by atoms with Gasteiger partial charge in [-0.15, -0.1) is 0 Å². The number of para-hydroxylation sites is 1. The fraction of sp³-hybridized carbons (Fsp3) is 0.143. The molecule has 0 aliphatic carbocycles. The third kappa shape index (κ3) is 2.97. The van der Waals surface area contributed by atoms with Crippen molar-refractivity contribution in [3.63, 3.8) is 0 Å². The topological polar surface area (TPSA) is 99.2 Å². The fourth-order valence-corrected chi connectivity index (χ4v) is 1.74. The summed E-state index contributed by atoms with van der Waals surface area (Å²) < 4.78 is 16.2. The smallest absolute Gasteiger partial charge is 0.230 e. The molecule has 0 spiro atoms. The maximum absolute atomic E-state index is 8.81. The van der Waals surface area contributed by atoms with Crippen LogP contribution in [0.1, 0.15) is 5.56 Å². The molecule has 110 valence electrons. The quantitative estimate of drug-likeness (QED) is 0.378. The number of benzene rings is 1. The number of nitrogens with zero attached hydrogens (tertiary/aromatic N) is 2. The van der Waals surface area contributed by atoms with Gasteiger partial charge in [-0.3, -0.25) is 0 Å². The molecule has 0 atom stereocenters. The Kier molecular flexibility index (Phi) is 4.45. The zero-order chi connectivity index (χ0) is 15.2. The standard InChI is InChI=1S/C14H15N3O4/c1-19-10-6-3-7-11(20-2)12(10)21-14-9(13(15)17-18)5-4-8-16-14/h3-8,18H,1-2H3,(H2,15,17). The number of aromatic nitrogens is 1. The second-order valence-electron chi connectivity index (χ2n) is 3.94. The molecule has 0 unspecified atom stereocenters. The van der Waals surface area contributed by atoms with Crippen LogP contribution >= 0.6 is 0 Å². The molecule has 0 amide bonds. The maximum Gasteiger partial charge on any atom is 0.230 e. The number of hydrogen-bond donors (Lipinski definition) is 2. The van der Waals surface area contributed by atoms with Gasteiger partial charge in [-0.25, -0.2) is 4.98 Å². The van der Waals surface area contributed by atoms with Crippen molar-refractivity contribution >= 4 is 5.84 Å². The third-order valence-electron chi connectivity index (χ3n) is 2.74. The van der Waals surface area contributed by atoms with Crippen LogP contribution in [0, 0.1) is 0 Å². The van der Waals surface area contributed by atoms with E-state index in [2.05, 4.69) is 10.1 Å². The Balaban J connectivity index is 2.48. The van der Waals surface area contributed by atoms with Crippen LogP contribution in [0.15, 0.2) is 41.7 Å². The van der Waals surface area contributed by atoms with Crippen LogP contribution in [0.4, 0.5) is 0 Å². The summed E-state index contributed by atoms with van der Waals surface area (Å²) in [7, 11) is 3.04. The molecular formula is C14H15N3O4. The summed E-state index contributed by atoms with van der Waals surface area (Å²) in [5.74, 6) is 1.38. The van der Waals surface area contributed by atoms with E-state index in [1.807, 2.05) is 0 Å². The lowest BCUT2D eigenvalue weighted by molar-refractivity contribution is 0.318. The lowest BCUT2D eigenvalue weighted by Crippen LogP contribution is -2.14. The highest BCUT2D eigenvalue weighted by molar-refractivity contribution is 5.99. The average Bonchev–Trinajstić information content (AvgIpc) is 2.54. The van der Waals surface area contributed by atoms with Gasteiger partial charge in [0.1, 0.15) is 0 Å². The van der Waals surface area contributed by atoms with Gasteiger partial charge in [-0.2, -0.15) is 0 Å². The zero-order valence-electron chi connectivity index (χ0n) is 11.6. The van der Waals surface area contributed by atoms with Crippen molar-refractivity contribution in [3.8, 4) is 23.1 Å². The molecule has 0 radical (unpaired) electrons. The molecule has 0 fully saturated rings. The minimum absolute atomic E-state index is 0.105. The number of ether oxygens (including phenoxy) is 3. The van der Waals surface area contributed by atoms with E-state index in [9.17, 15) is 0 Å². The molecule has 3 N–H and O–H groups in total. The number of nitrogens with two attached hydrogens (primary N) is 1. The van der Waals surface area contributed by atoms with Crippen LogP contribution in [0.5, 0.6) is 23.1 Å². The molecule has 1 aromatic heterocycles. The maximum atomic E-state index is 8.81. The molecule has 7 heteroatoms. The van der Waals surface area contributed by atoms with E-state index in [1.54, 1.807) is 30.3 Å². The Morgan fingerprint density at radius 2 is 1.81 bits per heavy atom. The Hall–Kier alpha value is -2.96. The van der Waals surface area contributed by atoms with Gasteiger partial charge in [0.2, 0.25) is 11.6 Å². The summed E-state index contributed by atoms with van der Waals surface area (Å²) in [4.78, 5) is 4.09. The highest BCUT2D eigenvalue weighted by Gasteiger charge is 2.16. The minimum Gasteiger partial charge on any atom is -0.493 e. The van der Waals surface area contributed by atoms with Crippen LogP contribution in [-0.2, 0) is 0 Å². The summed E-state index contributed by atoms with van der Waals surface area (Å²) in [6.07, 6.45) is 1.53. The molecule has 2 aromatic rings. The molecule has 1 heterocycles. The van der Waals surface area contributed by atoms with Gasteiger partial charge in [0.05, 0.1) is 19.8 Å². The van der Waals surface area contributed by atoms with Crippen molar-refractivity contribution in [1.29, 1.82) is 0 Å².